The monoisotopic (exact) mass is 444 g/mol. The summed E-state index contributed by atoms with van der Waals surface area (Å²) in [5.74, 6) is 1.78. The summed E-state index contributed by atoms with van der Waals surface area (Å²) >= 11 is 7.88. The Kier molecular flexibility index (Phi) is 7.16. The van der Waals surface area contributed by atoms with E-state index < -0.39 is 0 Å². The molecule has 0 bridgehead atoms. The first-order valence-electron chi connectivity index (χ1n) is 10.9. The Morgan fingerprint density at radius 1 is 1.10 bits per heavy atom. The number of carbonyl (C=O) groups is 1. The minimum absolute atomic E-state index is 0.139. The van der Waals surface area contributed by atoms with Crippen molar-refractivity contribution in [1.82, 2.24) is 14.9 Å². The van der Waals surface area contributed by atoms with Crippen LogP contribution in [0.1, 0.15) is 60.9 Å². The molecule has 30 heavy (non-hydrogen) atoms. The van der Waals surface area contributed by atoms with Crippen LogP contribution in [0.2, 0.25) is 5.15 Å². The van der Waals surface area contributed by atoms with Crippen LogP contribution in [0.25, 0.3) is 0 Å². The second-order valence-electron chi connectivity index (χ2n) is 8.22. The number of thioether (sulfide) groups is 1. The lowest BCUT2D eigenvalue weighted by molar-refractivity contribution is 0.0793. The van der Waals surface area contributed by atoms with Gasteiger partial charge in [-0.05, 0) is 43.4 Å². The van der Waals surface area contributed by atoms with Crippen molar-refractivity contribution in [1.29, 1.82) is 0 Å². The van der Waals surface area contributed by atoms with Crippen LogP contribution in [0.5, 0.6) is 0 Å². The van der Waals surface area contributed by atoms with Crippen molar-refractivity contribution in [3.63, 3.8) is 0 Å². The average molecular weight is 445 g/mol. The van der Waals surface area contributed by atoms with Gasteiger partial charge in [0.25, 0.3) is 5.91 Å². The second-order valence-corrected chi connectivity index (χ2v) is 9.55. The first-order chi connectivity index (χ1) is 14.6. The fraction of sp³-hybridized carbons (Fsp3) is 0.522. The van der Waals surface area contributed by atoms with Crippen molar-refractivity contribution in [2.24, 2.45) is 0 Å². The third-order valence-corrected chi connectivity index (χ3v) is 7.22. The summed E-state index contributed by atoms with van der Waals surface area (Å²) in [6, 6.07) is 10.3. The van der Waals surface area contributed by atoms with Crippen LogP contribution in [0, 0.1) is 0 Å². The molecule has 1 aromatic heterocycles. The summed E-state index contributed by atoms with van der Waals surface area (Å²) < 4.78 is 0. The molecule has 0 radical (unpaired) electrons. The number of carbonyl (C=O) groups excluding carboxylic acids is 1. The van der Waals surface area contributed by atoms with E-state index >= 15 is 0 Å². The molecule has 7 heteroatoms. The highest BCUT2D eigenvalue weighted by Crippen LogP contribution is 2.29. The van der Waals surface area contributed by atoms with Gasteiger partial charge in [0.05, 0.1) is 0 Å². The smallest absolute Gasteiger partial charge is 0.253 e. The van der Waals surface area contributed by atoms with Gasteiger partial charge in [-0.15, -0.1) is 0 Å². The predicted octanol–water partition coefficient (Wildman–Crippen LogP) is 5.43. The van der Waals surface area contributed by atoms with Crippen molar-refractivity contribution in [2.45, 2.75) is 61.9 Å². The number of anilines is 1. The number of hydrogen-bond acceptors (Lipinski definition) is 5. The van der Waals surface area contributed by atoms with Gasteiger partial charge in [-0.1, -0.05) is 54.8 Å². The highest BCUT2D eigenvalue weighted by Gasteiger charge is 2.21. The number of hydrogen-bond donors (Lipinski definition) is 0. The summed E-state index contributed by atoms with van der Waals surface area (Å²) in [5, 5.41) is 1.18. The number of halogens is 1. The molecule has 4 rings (SSSR count). The molecule has 5 nitrogen and oxygen atoms in total. The van der Waals surface area contributed by atoms with Crippen LogP contribution in [-0.4, -0.2) is 47.0 Å². The van der Waals surface area contributed by atoms with E-state index in [0.29, 0.717) is 16.4 Å². The first-order valence-corrected chi connectivity index (χ1v) is 12.2. The molecule has 1 aromatic carbocycles. The molecular formula is C23H29ClN4OS. The molecular weight excluding hydrogens is 416 g/mol. The first kappa shape index (κ1) is 21.4. The van der Waals surface area contributed by atoms with Crippen LogP contribution >= 0.6 is 23.4 Å². The average Bonchev–Trinajstić information content (AvgIpc) is 3.32. The third-order valence-electron chi connectivity index (χ3n) is 6.11. The molecule has 2 heterocycles. The van der Waals surface area contributed by atoms with Crippen molar-refractivity contribution in [2.75, 3.05) is 25.0 Å². The Labute approximate surface area is 188 Å². The number of aromatic nitrogens is 2. The lowest BCUT2D eigenvalue weighted by Gasteiger charge is -2.32. The number of nitrogens with zero attached hydrogens (tertiary/aromatic N) is 4. The molecule has 0 spiro atoms. The van der Waals surface area contributed by atoms with E-state index in [1.807, 2.05) is 35.2 Å². The normalized spacial score (nSPS) is 17.3. The molecule has 2 fully saturated rings. The predicted molar refractivity (Wildman–Crippen MR) is 123 cm³/mol. The van der Waals surface area contributed by atoms with E-state index in [1.54, 1.807) is 11.8 Å². The highest BCUT2D eigenvalue weighted by molar-refractivity contribution is 7.98. The van der Waals surface area contributed by atoms with Crippen LogP contribution in [-0.2, 0) is 5.75 Å². The standard InChI is InChI=1S/C23H29ClN4OS/c1-27(19-7-3-2-4-8-19)21-15-20(24)25-23(26-21)30-16-17-9-11-18(12-10-17)22(29)28-13-5-6-14-28/h9-12,15,19H,2-8,13-14,16H2,1H3. The van der Waals surface area contributed by atoms with E-state index in [4.69, 9.17) is 16.6 Å². The summed E-state index contributed by atoms with van der Waals surface area (Å²) in [6.07, 6.45) is 8.54. The van der Waals surface area contributed by atoms with Crippen molar-refractivity contribution < 1.29 is 4.79 Å². The SMILES string of the molecule is CN(c1cc(Cl)nc(SCc2ccc(C(=O)N3CCCC3)cc2)n1)C1CCCCC1. The van der Waals surface area contributed by atoms with Gasteiger partial charge in [-0.2, -0.15) is 0 Å². The van der Waals surface area contributed by atoms with Gasteiger partial charge < -0.3 is 9.80 Å². The van der Waals surface area contributed by atoms with Gasteiger partial charge in [-0.25, -0.2) is 9.97 Å². The van der Waals surface area contributed by atoms with Gasteiger partial charge >= 0.3 is 0 Å². The van der Waals surface area contributed by atoms with Gasteiger partial charge in [0, 0.05) is 43.6 Å². The molecule has 1 aliphatic heterocycles. The van der Waals surface area contributed by atoms with E-state index in [1.165, 1.54) is 32.1 Å². The van der Waals surface area contributed by atoms with Crippen LogP contribution < -0.4 is 4.90 Å². The molecule has 2 aromatic rings. The van der Waals surface area contributed by atoms with E-state index in [-0.39, 0.29) is 5.91 Å². The molecule has 0 unspecified atom stereocenters. The molecule has 1 aliphatic carbocycles. The number of rotatable bonds is 6. The maximum atomic E-state index is 12.5. The quantitative estimate of drug-likeness (QED) is 0.338. The maximum Gasteiger partial charge on any atom is 0.253 e. The molecule has 0 atom stereocenters. The van der Waals surface area contributed by atoms with Gasteiger partial charge in [0.2, 0.25) is 0 Å². The van der Waals surface area contributed by atoms with Gasteiger partial charge in [-0.3, -0.25) is 4.79 Å². The zero-order chi connectivity index (χ0) is 20.9. The Balaban J connectivity index is 1.38. The minimum atomic E-state index is 0.139. The van der Waals surface area contributed by atoms with Gasteiger partial charge in [0.15, 0.2) is 5.16 Å². The number of amides is 1. The minimum Gasteiger partial charge on any atom is -0.357 e. The zero-order valence-corrected chi connectivity index (χ0v) is 19.1. The molecule has 1 saturated heterocycles. The van der Waals surface area contributed by atoms with Crippen molar-refractivity contribution in [3.05, 3.63) is 46.6 Å². The van der Waals surface area contributed by atoms with E-state index in [9.17, 15) is 4.79 Å². The Hall–Kier alpha value is -1.79. The zero-order valence-electron chi connectivity index (χ0n) is 17.5. The fourth-order valence-electron chi connectivity index (χ4n) is 4.28. The third kappa shape index (κ3) is 5.27. The maximum absolute atomic E-state index is 12.5. The molecule has 1 amide bonds. The van der Waals surface area contributed by atoms with E-state index in [2.05, 4.69) is 16.9 Å². The second kappa shape index (κ2) is 10.0. The van der Waals surface area contributed by atoms with E-state index in [0.717, 1.165) is 48.6 Å². The molecule has 160 valence electrons. The number of likely N-dealkylation sites (tertiary alicyclic amines) is 1. The fourth-order valence-corrected chi connectivity index (χ4v) is 5.32. The number of benzene rings is 1. The Morgan fingerprint density at radius 2 is 1.80 bits per heavy atom. The largest absolute Gasteiger partial charge is 0.357 e. The lowest BCUT2D eigenvalue weighted by Crippen LogP contribution is -2.34. The van der Waals surface area contributed by atoms with Crippen molar-refractivity contribution in [3.8, 4) is 0 Å². The summed E-state index contributed by atoms with van der Waals surface area (Å²) in [4.78, 5) is 25.8. The van der Waals surface area contributed by atoms with Crippen LogP contribution in [0.4, 0.5) is 5.82 Å². The topological polar surface area (TPSA) is 49.3 Å². The van der Waals surface area contributed by atoms with Crippen LogP contribution in [0.3, 0.4) is 0 Å². The molecule has 0 N–H and O–H groups in total. The van der Waals surface area contributed by atoms with Crippen molar-refractivity contribution >= 4 is 35.1 Å². The van der Waals surface area contributed by atoms with Gasteiger partial charge in [0.1, 0.15) is 11.0 Å². The summed E-state index contributed by atoms with van der Waals surface area (Å²) in [5.41, 5.74) is 1.91. The van der Waals surface area contributed by atoms with Crippen LogP contribution in [0.15, 0.2) is 35.5 Å². The highest BCUT2D eigenvalue weighted by atomic mass is 35.5. The molecule has 2 aliphatic rings. The molecule has 1 saturated carbocycles. The summed E-state index contributed by atoms with van der Waals surface area (Å²) in [7, 11) is 2.11. The Morgan fingerprint density at radius 3 is 2.50 bits per heavy atom. The Bertz CT molecular complexity index is 864. The summed E-state index contributed by atoms with van der Waals surface area (Å²) in [6.45, 7) is 1.75. The lowest BCUT2D eigenvalue weighted by atomic mass is 9.94.